The summed E-state index contributed by atoms with van der Waals surface area (Å²) in [5.74, 6) is 1.34. The molecule has 0 atom stereocenters. The molecule has 0 spiro atoms. The zero-order valence-electron chi connectivity index (χ0n) is 12.6. The summed E-state index contributed by atoms with van der Waals surface area (Å²) in [6, 6.07) is 5.90. The maximum atomic E-state index is 9.23. The van der Waals surface area contributed by atoms with Gasteiger partial charge in [0.15, 0.2) is 11.5 Å². The number of nitriles is 1. The number of aromatic nitrogens is 1. The molecule has 0 aliphatic carbocycles. The summed E-state index contributed by atoms with van der Waals surface area (Å²) in [5.41, 5.74) is 2.09. The van der Waals surface area contributed by atoms with Crippen LogP contribution < -0.4 is 14.8 Å². The van der Waals surface area contributed by atoms with Crippen molar-refractivity contribution in [2.24, 2.45) is 0 Å². The van der Waals surface area contributed by atoms with Gasteiger partial charge in [-0.15, -0.1) is 0 Å². The number of nitrogens with zero attached hydrogens (tertiary/aromatic N) is 2. The normalized spacial score (nSPS) is 10.2. The van der Waals surface area contributed by atoms with E-state index in [1.165, 1.54) is 0 Å². The number of nitrogens with one attached hydrogen (secondary N) is 1. The number of benzene rings is 1. The molecule has 1 heterocycles. The van der Waals surface area contributed by atoms with Gasteiger partial charge >= 0.3 is 0 Å². The highest BCUT2D eigenvalue weighted by molar-refractivity contribution is 5.96. The second-order valence-electron chi connectivity index (χ2n) is 4.37. The van der Waals surface area contributed by atoms with Gasteiger partial charge in [0.2, 0.25) is 0 Å². The van der Waals surface area contributed by atoms with Crippen LogP contribution >= 0.6 is 0 Å². The predicted molar refractivity (Wildman–Crippen MR) is 83.0 cm³/mol. The first-order chi connectivity index (χ1) is 10.2. The fourth-order valence-corrected chi connectivity index (χ4v) is 2.19. The molecule has 5 nitrogen and oxygen atoms in total. The lowest BCUT2D eigenvalue weighted by Gasteiger charge is -2.14. The Kier molecular flexibility index (Phi) is 4.83. The van der Waals surface area contributed by atoms with Crippen LogP contribution in [0, 0.1) is 11.3 Å². The van der Waals surface area contributed by atoms with Gasteiger partial charge in [0.25, 0.3) is 0 Å². The molecule has 21 heavy (non-hydrogen) atoms. The van der Waals surface area contributed by atoms with E-state index in [2.05, 4.69) is 16.4 Å². The smallest absolute Gasteiger partial charge is 0.163 e. The number of ether oxygens (including phenoxy) is 2. The highest BCUT2D eigenvalue weighted by atomic mass is 16.5. The van der Waals surface area contributed by atoms with Crippen LogP contribution in [0.4, 0.5) is 5.69 Å². The number of rotatable bonds is 6. The second-order valence-corrected chi connectivity index (χ2v) is 4.37. The van der Waals surface area contributed by atoms with E-state index in [1.807, 2.05) is 32.9 Å². The average Bonchev–Trinajstić information content (AvgIpc) is 2.49. The Morgan fingerprint density at radius 1 is 1.14 bits per heavy atom. The van der Waals surface area contributed by atoms with Gasteiger partial charge in [-0.05, 0) is 26.8 Å². The Labute approximate surface area is 124 Å². The second kappa shape index (κ2) is 6.80. The van der Waals surface area contributed by atoms with Crippen molar-refractivity contribution in [2.75, 3.05) is 25.1 Å². The molecule has 5 heteroatoms. The van der Waals surface area contributed by atoms with Crippen LogP contribution in [0.15, 0.2) is 18.3 Å². The van der Waals surface area contributed by atoms with Crippen LogP contribution in [0.3, 0.4) is 0 Å². The molecule has 0 aliphatic rings. The van der Waals surface area contributed by atoms with Gasteiger partial charge in [0.05, 0.1) is 30.0 Å². The van der Waals surface area contributed by atoms with Crippen molar-refractivity contribution >= 4 is 16.6 Å². The van der Waals surface area contributed by atoms with Crippen molar-refractivity contribution in [3.63, 3.8) is 0 Å². The molecule has 110 valence electrons. The van der Waals surface area contributed by atoms with Crippen molar-refractivity contribution in [3.05, 3.63) is 23.9 Å². The number of fused-ring (bicyclic) bond motifs is 1. The number of hydrogen-bond donors (Lipinski definition) is 1. The summed E-state index contributed by atoms with van der Waals surface area (Å²) in [7, 11) is 0. The van der Waals surface area contributed by atoms with E-state index in [1.54, 1.807) is 6.20 Å². The standard InChI is InChI=1S/C16H19N3O2/c1-4-18-16-11(9-17)10-19-13-8-15(21-6-3)14(20-5-2)7-12(13)16/h7-8,10H,4-6H2,1-3H3,(H,18,19). The van der Waals surface area contributed by atoms with Crippen LogP contribution in [0.1, 0.15) is 26.3 Å². The van der Waals surface area contributed by atoms with Crippen LogP contribution in [0.2, 0.25) is 0 Å². The molecular formula is C16H19N3O2. The third-order valence-corrected chi connectivity index (χ3v) is 3.01. The third kappa shape index (κ3) is 3.00. The predicted octanol–water partition coefficient (Wildman–Crippen LogP) is 3.34. The van der Waals surface area contributed by atoms with Gasteiger partial charge in [0, 0.05) is 24.2 Å². The Bertz CT molecular complexity index is 677. The Balaban J connectivity index is 2.68. The lowest BCUT2D eigenvalue weighted by Crippen LogP contribution is -2.03. The maximum absolute atomic E-state index is 9.23. The molecular weight excluding hydrogens is 266 g/mol. The zero-order chi connectivity index (χ0) is 15.2. The van der Waals surface area contributed by atoms with Gasteiger partial charge in [-0.3, -0.25) is 4.98 Å². The first-order valence-corrected chi connectivity index (χ1v) is 7.11. The van der Waals surface area contributed by atoms with Gasteiger partial charge < -0.3 is 14.8 Å². The van der Waals surface area contributed by atoms with E-state index in [0.717, 1.165) is 23.1 Å². The van der Waals surface area contributed by atoms with E-state index in [-0.39, 0.29) is 0 Å². The van der Waals surface area contributed by atoms with Crippen LogP contribution in [-0.2, 0) is 0 Å². The SMILES string of the molecule is CCNc1c(C#N)cnc2cc(OCC)c(OCC)cc12. The Hall–Kier alpha value is -2.48. The lowest BCUT2D eigenvalue weighted by atomic mass is 10.1. The van der Waals surface area contributed by atoms with E-state index >= 15 is 0 Å². The van der Waals surface area contributed by atoms with Crippen LogP contribution in [-0.4, -0.2) is 24.7 Å². The Morgan fingerprint density at radius 3 is 2.38 bits per heavy atom. The topological polar surface area (TPSA) is 67.2 Å². The molecule has 0 radical (unpaired) electrons. The molecule has 0 unspecified atom stereocenters. The first kappa shape index (κ1) is 14.9. The summed E-state index contributed by atoms with van der Waals surface area (Å²) in [6.45, 7) is 7.68. The minimum absolute atomic E-state index is 0.524. The van der Waals surface area contributed by atoms with Gasteiger partial charge in [-0.25, -0.2) is 0 Å². The quantitative estimate of drug-likeness (QED) is 0.881. The molecule has 0 saturated carbocycles. The summed E-state index contributed by atoms with van der Waals surface area (Å²) >= 11 is 0. The number of hydrogen-bond acceptors (Lipinski definition) is 5. The fourth-order valence-electron chi connectivity index (χ4n) is 2.19. The third-order valence-electron chi connectivity index (χ3n) is 3.01. The molecule has 2 aromatic rings. The number of pyridine rings is 1. The molecule has 1 N–H and O–H groups in total. The van der Waals surface area contributed by atoms with E-state index in [0.29, 0.717) is 30.3 Å². The minimum Gasteiger partial charge on any atom is -0.490 e. The monoisotopic (exact) mass is 285 g/mol. The molecule has 2 rings (SSSR count). The fraction of sp³-hybridized carbons (Fsp3) is 0.375. The van der Waals surface area contributed by atoms with Gasteiger partial charge in [-0.2, -0.15) is 5.26 Å². The van der Waals surface area contributed by atoms with Crippen molar-refractivity contribution < 1.29 is 9.47 Å². The number of anilines is 1. The van der Waals surface area contributed by atoms with Crippen LogP contribution in [0.5, 0.6) is 11.5 Å². The van der Waals surface area contributed by atoms with E-state index in [4.69, 9.17) is 9.47 Å². The molecule has 0 fully saturated rings. The van der Waals surface area contributed by atoms with Crippen molar-refractivity contribution in [1.82, 2.24) is 4.98 Å². The largest absolute Gasteiger partial charge is 0.490 e. The van der Waals surface area contributed by atoms with Crippen molar-refractivity contribution in [2.45, 2.75) is 20.8 Å². The Morgan fingerprint density at radius 2 is 1.81 bits per heavy atom. The van der Waals surface area contributed by atoms with E-state index in [9.17, 15) is 5.26 Å². The van der Waals surface area contributed by atoms with Crippen molar-refractivity contribution in [3.8, 4) is 17.6 Å². The molecule has 0 bridgehead atoms. The zero-order valence-corrected chi connectivity index (χ0v) is 12.6. The summed E-state index contributed by atoms with van der Waals surface area (Å²) < 4.78 is 11.2. The average molecular weight is 285 g/mol. The lowest BCUT2D eigenvalue weighted by molar-refractivity contribution is 0.288. The molecule has 1 aromatic carbocycles. The highest BCUT2D eigenvalue weighted by Gasteiger charge is 2.13. The van der Waals surface area contributed by atoms with Crippen LogP contribution in [0.25, 0.3) is 10.9 Å². The highest BCUT2D eigenvalue weighted by Crippen LogP contribution is 2.36. The summed E-state index contributed by atoms with van der Waals surface area (Å²) in [5, 5.41) is 13.3. The molecule has 0 saturated heterocycles. The summed E-state index contributed by atoms with van der Waals surface area (Å²) in [6.07, 6.45) is 1.58. The molecule has 0 aliphatic heterocycles. The van der Waals surface area contributed by atoms with E-state index < -0.39 is 0 Å². The van der Waals surface area contributed by atoms with Gasteiger partial charge in [0.1, 0.15) is 6.07 Å². The van der Waals surface area contributed by atoms with Crippen molar-refractivity contribution in [1.29, 1.82) is 5.26 Å². The molecule has 1 aromatic heterocycles. The minimum atomic E-state index is 0.524. The molecule has 0 amide bonds. The maximum Gasteiger partial charge on any atom is 0.163 e. The summed E-state index contributed by atoms with van der Waals surface area (Å²) in [4.78, 5) is 4.34. The first-order valence-electron chi connectivity index (χ1n) is 7.11. The van der Waals surface area contributed by atoms with Gasteiger partial charge in [-0.1, -0.05) is 0 Å².